The van der Waals surface area contributed by atoms with E-state index in [2.05, 4.69) is 4.99 Å². The molecule has 0 unspecified atom stereocenters. The van der Waals surface area contributed by atoms with E-state index >= 15 is 0 Å². The quantitative estimate of drug-likeness (QED) is 0.856. The highest BCUT2D eigenvalue weighted by Crippen LogP contribution is 2.19. The highest BCUT2D eigenvalue weighted by atomic mass is 16.6. The number of carbonyl (C=O) groups excluding carboxylic acids is 2. The predicted octanol–water partition coefficient (Wildman–Crippen LogP) is 2.20. The SMILES string of the molecule is O=C(N=c1ccn(O)cc1)C1CCN(C(=O)OCc2ccccc2)CC1. The highest BCUT2D eigenvalue weighted by Gasteiger charge is 2.27. The van der Waals surface area contributed by atoms with Crippen molar-refractivity contribution in [1.82, 2.24) is 9.63 Å². The van der Waals surface area contributed by atoms with Crippen molar-refractivity contribution in [3.05, 3.63) is 65.8 Å². The number of likely N-dealkylation sites (tertiary alicyclic amines) is 1. The monoisotopic (exact) mass is 355 g/mol. The van der Waals surface area contributed by atoms with Gasteiger partial charge >= 0.3 is 6.09 Å². The largest absolute Gasteiger partial charge is 0.445 e. The second-order valence-electron chi connectivity index (χ2n) is 6.19. The first-order chi connectivity index (χ1) is 12.6. The second kappa shape index (κ2) is 8.33. The highest BCUT2D eigenvalue weighted by molar-refractivity contribution is 5.80. The van der Waals surface area contributed by atoms with Crippen LogP contribution in [0.4, 0.5) is 4.79 Å². The fourth-order valence-corrected chi connectivity index (χ4v) is 2.82. The Morgan fingerprint density at radius 2 is 1.73 bits per heavy atom. The maximum absolute atomic E-state index is 12.3. The zero-order valence-electron chi connectivity index (χ0n) is 14.3. The summed E-state index contributed by atoms with van der Waals surface area (Å²) in [6.07, 6.45) is 3.60. The number of rotatable bonds is 3. The molecular formula is C19H21N3O4. The number of hydrogen-bond donors (Lipinski definition) is 1. The summed E-state index contributed by atoms with van der Waals surface area (Å²) in [5.41, 5.74) is 0.941. The van der Waals surface area contributed by atoms with Gasteiger partial charge in [-0.1, -0.05) is 30.3 Å². The summed E-state index contributed by atoms with van der Waals surface area (Å²) in [7, 11) is 0. The Morgan fingerprint density at radius 3 is 2.38 bits per heavy atom. The third-order valence-electron chi connectivity index (χ3n) is 4.34. The molecule has 1 N–H and O–H groups in total. The molecular weight excluding hydrogens is 334 g/mol. The van der Waals surface area contributed by atoms with Crippen LogP contribution in [0.5, 0.6) is 0 Å². The van der Waals surface area contributed by atoms with Gasteiger partial charge in [0.2, 0.25) is 5.91 Å². The Hall–Kier alpha value is -3.09. The molecule has 0 spiro atoms. The van der Waals surface area contributed by atoms with E-state index in [-0.39, 0.29) is 24.5 Å². The van der Waals surface area contributed by atoms with E-state index in [0.717, 1.165) is 10.3 Å². The van der Waals surface area contributed by atoms with Crippen LogP contribution in [0.25, 0.3) is 0 Å². The second-order valence-corrected chi connectivity index (χ2v) is 6.19. The number of nitrogens with zero attached hydrogens (tertiary/aromatic N) is 3. The number of aromatic nitrogens is 1. The molecule has 1 aromatic heterocycles. The lowest BCUT2D eigenvalue weighted by Crippen LogP contribution is -2.40. The molecule has 7 heteroatoms. The molecule has 1 aromatic carbocycles. The van der Waals surface area contributed by atoms with Crippen molar-refractivity contribution in [1.29, 1.82) is 0 Å². The molecule has 0 saturated carbocycles. The van der Waals surface area contributed by atoms with Gasteiger partial charge in [0, 0.05) is 31.4 Å². The van der Waals surface area contributed by atoms with Crippen molar-refractivity contribution in [2.24, 2.45) is 10.9 Å². The van der Waals surface area contributed by atoms with Crippen molar-refractivity contribution >= 4 is 12.0 Å². The van der Waals surface area contributed by atoms with Crippen LogP contribution < -0.4 is 5.36 Å². The standard InChI is InChI=1S/C19H21N3O4/c23-18(20-17-8-12-22(25)13-9-17)16-6-10-21(11-7-16)19(24)26-14-15-4-2-1-3-5-15/h1-5,8-9,12-13,16,25H,6-7,10-11,14H2. The third-order valence-corrected chi connectivity index (χ3v) is 4.34. The van der Waals surface area contributed by atoms with E-state index in [4.69, 9.17) is 4.74 Å². The number of pyridine rings is 1. The van der Waals surface area contributed by atoms with Crippen LogP contribution in [0, 0.1) is 5.92 Å². The fourth-order valence-electron chi connectivity index (χ4n) is 2.82. The van der Waals surface area contributed by atoms with E-state index in [0.29, 0.717) is 31.3 Å². The molecule has 0 atom stereocenters. The predicted molar refractivity (Wildman–Crippen MR) is 93.1 cm³/mol. The summed E-state index contributed by atoms with van der Waals surface area (Å²) >= 11 is 0. The average molecular weight is 355 g/mol. The lowest BCUT2D eigenvalue weighted by Gasteiger charge is -2.29. The number of carbonyl (C=O) groups is 2. The summed E-state index contributed by atoms with van der Waals surface area (Å²) in [6.45, 7) is 1.20. The van der Waals surface area contributed by atoms with Crippen molar-refractivity contribution in [3.63, 3.8) is 0 Å². The molecule has 136 valence electrons. The van der Waals surface area contributed by atoms with Gasteiger partial charge in [0.05, 0.1) is 5.36 Å². The fraction of sp³-hybridized carbons (Fsp3) is 0.316. The molecule has 7 nitrogen and oxygen atoms in total. The summed E-state index contributed by atoms with van der Waals surface area (Å²) in [4.78, 5) is 30.1. The zero-order chi connectivity index (χ0) is 18.4. The first-order valence-electron chi connectivity index (χ1n) is 8.53. The molecule has 1 aliphatic rings. The molecule has 2 amide bonds. The van der Waals surface area contributed by atoms with Gasteiger partial charge in [-0.3, -0.25) is 4.79 Å². The Morgan fingerprint density at radius 1 is 1.08 bits per heavy atom. The summed E-state index contributed by atoms with van der Waals surface area (Å²) in [6, 6.07) is 12.6. The zero-order valence-corrected chi connectivity index (χ0v) is 14.3. The van der Waals surface area contributed by atoms with Crippen LogP contribution in [0.2, 0.25) is 0 Å². The molecule has 1 aliphatic heterocycles. The first kappa shape index (κ1) is 17.7. The minimum atomic E-state index is -0.354. The lowest BCUT2D eigenvalue weighted by molar-refractivity contribution is -0.123. The molecule has 2 heterocycles. The van der Waals surface area contributed by atoms with Crippen molar-refractivity contribution < 1.29 is 19.5 Å². The van der Waals surface area contributed by atoms with Crippen molar-refractivity contribution in [2.45, 2.75) is 19.4 Å². The smallest absolute Gasteiger partial charge is 0.410 e. The van der Waals surface area contributed by atoms with Crippen LogP contribution in [0.3, 0.4) is 0 Å². The molecule has 0 bridgehead atoms. The van der Waals surface area contributed by atoms with Crippen LogP contribution in [0.15, 0.2) is 59.9 Å². The third kappa shape index (κ3) is 4.72. The van der Waals surface area contributed by atoms with E-state index < -0.39 is 0 Å². The molecule has 0 aliphatic carbocycles. The van der Waals surface area contributed by atoms with Gasteiger partial charge < -0.3 is 14.8 Å². The van der Waals surface area contributed by atoms with Crippen molar-refractivity contribution in [3.8, 4) is 0 Å². The van der Waals surface area contributed by atoms with Crippen molar-refractivity contribution in [2.75, 3.05) is 13.1 Å². The van der Waals surface area contributed by atoms with Gasteiger partial charge in [0.15, 0.2) is 0 Å². The topological polar surface area (TPSA) is 84.1 Å². The Labute approximate surface area is 151 Å². The summed E-state index contributed by atoms with van der Waals surface area (Å²) < 4.78 is 6.21. The van der Waals surface area contributed by atoms with E-state index in [1.807, 2.05) is 30.3 Å². The van der Waals surface area contributed by atoms with Gasteiger partial charge in [-0.25, -0.2) is 14.5 Å². The van der Waals surface area contributed by atoms with Gasteiger partial charge in [-0.2, -0.15) is 0 Å². The number of ether oxygens (including phenoxy) is 1. The summed E-state index contributed by atoms with van der Waals surface area (Å²) in [5, 5.41) is 9.68. The van der Waals surface area contributed by atoms with Gasteiger partial charge in [-0.15, -0.1) is 0 Å². The van der Waals surface area contributed by atoms with Crippen LogP contribution in [-0.2, 0) is 16.1 Å². The van der Waals surface area contributed by atoms with Crippen LogP contribution in [-0.4, -0.2) is 39.9 Å². The van der Waals surface area contributed by atoms with Gasteiger partial charge in [0.25, 0.3) is 0 Å². The van der Waals surface area contributed by atoms with E-state index in [1.54, 1.807) is 17.0 Å². The minimum Gasteiger partial charge on any atom is -0.445 e. The summed E-state index contributed by atoms with van der Waals surface area (Å²) in [5.74, 6) is -0.396. The molecule has 26 heavy (non-hydrogen) atoms. The number of hydrogen-bond acceptors (Lipinski definition) is 4. The number of amides is 2. The van der Waals surface area contributed by atoms with Gasteiger partial charge in [0.1, 0.15) is 6.61 Å². The Bertz CT molecular complexity index is 804. The Kier molecular flexibility index (Phi) is 5.68. The minimum absolute atomic E-state index is 0.196. The average Bonchev–Trinajstić information content (AvgIpc) is 2.69. The van der Waals surface area contributed by atoms with E-state index in [1.165, 1.54) is 12.4 Å². The Balaban J connectivity index is 1.49. The first-order valence-corrected chi connectivity index (χ1v) is 8.53. The van der Waals surface area contributed by atoms with E-state index in [9.17, 15) is 14.8 Å². The lowest BCUT2D eigenvalue weighted by atomic mass is 9.96. The molecule has 0 radical (unpaired) electrons. The molecule has 1 fully saturated rings. The molecule has 3 rings (SSSR count). The number of benzene rings is 1. The number of piperidine rings is 1. The van der Waals surface area contributed by atoms with Crippen LogP contribution in [0.1, 0.15) is 18.4 Å². The maximum atomic E-state index is 12.3. The van der Waals surface area contributed by atoms with Crippen LogP contribution >= 0.6 is 0 Å². The van der Waals surface area contributed by atoms with Gasteiger partial charge in [-0.05, 0) is 30.5 Å². The maximum Gasteiger partial charge on any atom is 0.410 e. The molecule has 2 aromatic rings. The molecule has 1 saturated heterocycles. The normalized spacial score (nSPS) is 14.7.